The van der Waals surface area contributed by atoms with E-state index in [1.807, 2.05) is 32.0 Å². The summed E-state index contributed by atoms with van der Waals surface area (Å²) >= 11 is 0. The van der Waals surface area contributed by atoms with Crippen molar-refractivity contribution in [2.45, 2.75) is 33.6 Å². The van der Waals surface area contributed by atoms with Gasteiger partial charge in [-0.2, -0.15) is 0 Å². The molecule has 0 saturated heterocycles. The molecule has 0 spiro atoms. The van der Waals surface area contributed by atoms with Gasteiger partial charge in [0.25, 0.3) is 5.91 Å². The first-order chi connectivity index (χ1) is 11.0. The van der Waals surface area contributed by atoms with E-state index in [4.69, 9.17) is 0 Å². The summed E-state index contributed by atoms with van der Waals surface area (Å²) < 4.78 is 0. The van der Waals surface area contributed by atoms with Crippen LogP contribution in [0.5, 0.6) is 0 Å². The minimum Gasteiger partial charge on any atom is -0.340 e. The van der Waals surface area contributed by atoms with E-state index in [-0.39, 0.29) is 5.91 Å². The SMILES string of the molecule is CCCCN(C)C(=O)c1cnc(Nc2c(C)cccc2C)cn1. The lowest BCUT2D eigenvalue weighted by molar-refractivity contribution is 0.0787. The Labute approximate surface area is 137 Å². The number of unbranched alkanes of at least 4 members (excludes halogenated alkanes) is 1. The number of carbonyl (C=O) groups is 1. The number of anilines is 2. The van der Waals surface area contributed by atoms with Gasteiger partial charge in [-0.3, -0.25) is 4.79 Å². The summed E-state index contributed by atoms with van der Waals surface area (Å²) in [5.41, 5.74) is 3.69. The quantitative estimate of drug-likeness (QED) is 0.883. The Hall–Kier alpha value is -2.43. The molecular formula is C18H24N4O. The van der Waals surface area contributed by atoms with Gasteiger partial charge >= 0.3 is 0 Å². The molecule has 23 heavy (non-hydrogen) atoms. The van der Waals surface area contributed by atoms with E-state index in [2.05, 4.69) is 22.2 Å². The van der Waals surface area contributed by atoms with Crippen LogP contribution in [0.4, 0.5) is 11.5 Å². The van der Waals surface area contributed by atoms with Crippen LogP contribution in [0.3, 0.4) is 0 Å². The molecule has 5 heteroatoms. The molecule has 0 saturated carbocycles. The number of amides is 1. The smallest absolute Gasteiger partial charge is 0.273 e. The van der Waals surface area contributed by atoms with E-state index < -0.39 is 0 Å². The standard InChI is InChI=1S/C18H24N4O/c1-5-6-10-22(4)18(23)15-11-20-16(12-19-15)21-17-13(2)8-7-9-14(17)3/h7-9,11-12H,5-6,10H2,1-4H3,(H,20,21). The topological polar surface area (TPSA) is 58.1 Å². The number of carbonyl (C=O) groups excluding carboxylic acids is 1. The van der Waals surface area contributed by atoms with E-state index in [1.54, 1.807) is 18.1 Å². The molecular weight excluding hydrogens is 288 g/mol. The fourth-order valence-electron chi connectivity index (χ4n) is 2.34. The minimum atomic E-state index is -0.0930. The van der Waals surface area contributed by atoms with Crippen LogP contribution in [0.1, 0.15) is 41.4 Å². The maximum Gasteiger partial charge on any atom is 0.273 e. The molecule has 2 rings (SSSR count). The average molecular weight is 312 g/mol. The van der Waals surface area contributed by atoms with E-state index in [0.717, 1.165) is 36.2 Å². The molecule has 1 N–H and O–H groups in total. The molecule has 0 aliphatic heterocycles. The predicted molar refractivity (Wildman–Crippen MR) is 93.1 cm³/mol. The Morgan fingerprint density at radius 3 is 2.43 bits per heavy atom. The zero-order valence-corrected chi connectivity index (χ0v) is 14.3. The number of nitrogens with one attached hydrogen (secondary N) is 1. The van der Waals surface area contributed by atoms with E-state index >= 15 is 0 Å². The summed E-state index contributed by atoms with van der Waals surface area (Å²) in [5, 5.41) is 3.27. The number of aryl methyl sites for hydroxylation is 2. The summed E-state index contributed by atoms with van der Waals surface area (Å²) in [5.74, 6) is 0.541. The molecule has 0 aliphatic rings. The molecule has 1 heterocycles. The van der Waals surface area contributed by atoms with Crippen LogP contribution in [0.25, 0.3) is 0 Å². The zero-order valence-electron chi connectivity index (χ0n) is 14.3. The molecule has 5 nitrogen and oxygen atoms in total. The van der Waals surface area contributed by atoms with Gasteiger partial charge in [-0.15, -0.1) is 0 Å². The largest absolute Gasteiger partial charge is 0.340 e. The van der Waals surface area contributed by atoms with Gasteiger partial charge in [0.05, 0.1) is 12.4 Å². The number of hydrogen-bond donors (Lipinski definition) is 1. The molecule has 2 aromatic rings. The molecule has 122 valence electrons. The summed E-state index contributed by atoms with van der Waals surface area (Å²) in [6.07, 6.45) is 5.18. The van der Waals surface area contributed by atoms with Crippen molar-refractivity contribution in [3.63, 3.8) is 0 Å². The van der Waals surface area contributed by atoms with Crippen LogP contribution >= 0.6 is 0 Å². The molecule has 0 radical (unpaired) electrons. The van der Waals surface area contributed by atoms with Crippen molar-refractivity contribution in [3.8, 4) is 0 Å². The molecule has 0 bridgehead atoms. The van der Waals surface area contributed by atoms with Crippen molar-refractivity contribution in [2.24, 2.45) is 0 Å². The van der Waals surface area contributed by atoms with Crippen molar-refractivity contribution >= 4 is 17.4 Å². The Kier molecular flexibility index (Phi) is 5.68. The molecule has 1 aromatic heterocycles. The first-order valence-corrected chi connectivity index (χ1v) is 7.93. The first kappa shape index (κ1) is 16.9. The van der Waals surface area contributed by atoms with Gasteiger partial charge in [-0.25, -0.2) is 9.97 Å². The van der Waals surface area contributed by atoms with Crippen molar-refractivity contribution in [1.82, 2.24) is 14.9 Å². The molecule has 0 aliphatic carbocycles. The highest BCUT2D eigenvalue weighted by molar-refractivity contribution is 5.91. The van der Waals surface area contributed by atoms with Gasteiger partial charge < -0.3 is 10.2 Å². The molecule has 0 unspecified atom stereocenters. The first-order valence-electron chi connectivity index (χ1n) is 7.93. The van der Waals surface area contributed by atoms with Crippen LogP contribution in [0.15, 0.2) is 30.6 Å². The Balaban J connectivity index is 2.09. The number of rotatable bonds is 6. The fourth-order valence-corrected chi connectivity index (χ4v) is 2.34. The maximum absolute atomic E-state index is 12.2. The van der Waals surface area contributed by atoms with Gasteiger partial charge in [-0.05, 0) is 31.4 Å². The lowest BCUT2D eigenvalue weighted by Crippen LogP contribution is -2.28. The molecule has 0 fully saturated rings. The lowest BCUT2D eigenvalue weighted by Gasteiger charge is -2.16. The Morgan fingerprint density at radius 1 is 1.17 bits per heavy atom. The predicted octanol–water partition coefficient (Wildman–Crippen LogP) is 3.71. The fraction of sp³-hybridized carbons (Fsp3) is 0.389. The minimum absolute atomic E-state index is 0.0930. The van der Waals surface area contributed by atoms with Crippen molar-refractivity contribution < 1.29 is 4.79 Å². The highest BCUT2D eigenvalue weighted by Crippen LogP contribution is 2.22. The third-order valence-electron chi connectivity index (χ3n) is 3.80. The second-order valence-corrected chi connectivity index (χ2v) is 5.76. The average Bonchev–Trinajstić information content (AvgIpc) is 2.56. The van der Waals surface area contributed by atoms with Crippen LogP contribution in [0.2, 0.25) is 0 Å². The van der Waals surface area contributed by atoms with Gasteiger partial charge in [0, 0.05) is 19.3 Å². The van der Waals surface area contributed by atoms with E-state index in [1.165, 1.54) is 6.20 Å². The normalized spacial score (nSPS) is 10.4. The van der Waals surface area contributed by atoms with Gasteiger partial charge in [0.15, 0.2) is 0 Å². The summed E-state index contributed by atoms with van der Waals surface area (Å²) in [7, 11) is 1.79. The number of nitrogens with zero attached hydrogens (tertiary/aromatic N) is 3. The van der Waals surface area contributed by atoms with Gasteiger partial charge in [0.2, 0.25) is 0 Å². The van der Waals surface area contributed by atoms with E-state index in [0.29, 0.717) is 11.5 Å². The van der Waals surface area contributed by atoms with Gasteiger partial charge in [0.1, 0.15) is 11.5 Å². The zero-order chi connectivity index (χ0) is 16.8. The number of benzene rings is 1. The number of aromatic nitrogens is 2. The summed E-state index contributed by atoms with van der Waals surface area (Å²) in [6.45, 7) is 6.93. The third-order valence-corrected chi connectivity index (χ3v) is 3.80. The number of hydrogen-bond acceptors (Lipinski definition) is 4. The van der Waals surface area contributed by atoms with Crippen LogP contribution in [0, 0.1) is 13.8 Å². The monoisotopic (exact) mass is 312 g/mol. The van der Waals surface area contributed by atoms with Crippen LogP contribution < -0.4 is 5.32 Å². The van der Waals surface area contributed by atoms with Crippen LogP contribution in [-0.2, 0) is 0 Å². The number of para-hydroxylation sites is 1. The Bertz CT molecular complexity index is 647. The van der Waals surface area contributed by atoms with Crippen molar-refractivity contribution in [3.05, 3.63) is 47.4 Å². The molecule has 1 aromatic carbocycles. The third kappa shape index (κ3) is 4.28. The van der Waals surface area contributed by atoms with Gasteiger partial charge in [-0.1, -0.05) is 31.5 Å². The molecule has 1 amide bonds. The summed E-state index contributed by atoms with van der Waals surface area (Å²) in [4.78, 5) is 22.5. The second kappa shape index (κ2) is 7.72. The second-order valence-electron chi connectivity index (χ2n) is 5.76. The molecule has 0 atom stereocenters. The lowest BCUT2D eigenvalue weighted by atomic mass is 10.1. The maximum atomic E-state index is 12.2. The highest BCUT2D eigenvalue weighted by Gasteiger charge is 2.13. The van der Waals surface area contributed by atoms with Crippen molar-refractivity contribution in [1.29, 1.82) is 0 Å². The Morgan fingerprint density at radius 2 is 1.87 bits per heavy atom. The highest BCUT2D eigenvalue weighted by atomic mass is 16.2. The summed E-state index contributed by atoms with van der Waals surface area (Å²) in [6, 6.07) is 6.11. The van der Waals surface area contributed by atoms with Crippen LogP contribution in [-0.4, -0.2) is 34.4 Å². The van der Waals surface area contributed by atoms with Crippen molar-refractivity contribution in [2.75, 3.05) is 18.9 Å². The van der Waals surface area contributed by atoms with E-state index in [9.17, 15) is 4.79 Å².